The van der Waals surface area contributed by atoms with Gasteiger partial charge < -0.3 is 0 Å². The molecule has 0 aromatic carbocycles. The topological polar surface area (TPSA) is 48.8 Å². The van der Waals surface area contributed by atoms with Gasteiger partial charge >= 0.3 is 0 Å². The third-order valence-corrected chi connectivity index (χ3v) is 4.38. The molecule has 0 saturated heterocycles. The summed E-state index contributed by atoms with van der Waals surface area (Å²) in [5, 5.41) is 3.72. The number of azide groups is 1. The maximum atomic E-state index is 8.28. The Kier molecular flexibility index (Phi) is 1.99. The van der Waals surface area contributed by atoms with Crippen molar-refractivity contribution in [2.45, 2.75) is 33.1 Å². The van der Waals surface area contributed by atoms with E-state index in [1.54, 1.807) is 0 Å². The standard InChI is InChI=1S/C10H17N3/c1-10(2)8-4-3-7(6-12-13-11)9(10)5-8/h7-9H,3-6H2,1-2H3/t7?,8-,9+/m0/s1. The highest BCUT2D eigenvalue weighted by atomic mass is 15.1. The molecule has 0 radical (unpaired) electrons. The first kappa shape index (κ1) is 8.89. The van der Waals surface area contributed by atoms with Gasteiger partial charge in [0.2, 0.25) is 0 Å². The summed E-state index contributed by atoms with van der Waals surface area (Å²) in [5.41, 5.74) is 8.81. The van der Waals surface area contributed by atoms with Gasteiger partial charge in [0, 0.05) is 11.5 Å². The van der Waals surface area contributed by atoms with Crippen molar-refractivity contribution in [3.05, 3.63) is 10.4 Å². The summed E-state index contributed by atoms with van der Waals surface area (Å²) in [5.74, 6) is 2.42. The van der Waals surface area contributed by atoms with Crippen LogP contribution in [0.1, 0.15) is 33.1 Å². The Labute approximate surface area is 79.1 Å². The van der Waals surface area contributed by atoms with Gasteiger partial charge in [-0.25, -0.2) is 0 Å². The Hall–Kier alpha value is -0.690. The summed E-state index contributed by atoms with van der Waals surface area (Å²) in [6, 6.07) is 0. The lowest BCUT2D eigenvalue weighted by Gasteiger charge is -2.60. The lowest BCUT2D eigenvalue weighted by Crippen LogP contribution is -2.52. The number of nitrogens with zero attached hydrogens (tertiary/aromatic N) is 3. The molecule has 3 heteroatoms. The maximum absolute atomic E-state index is 8.28. The van der Waals surface area contributed by atoms with E-state index >= 15 is 0 Å². The van der Waals surface area contributed by atoms with Crippen LogP contribution in [0.5, 0.6) is 0 Å². The van der Waals surface area contributed by atoms with Crippen LogP contribution in [0, 0.1) is 23.2 Å². The van der Waals surface area contributed by atoms with E-state index in [4.69, 9.17) is 5.53 Å². The molecule has 3 rings (SSSR count). The fourth-order valence-electron chi connectivity index (χ4n) is 3.32. The molecule has 3 nitrogen and oxygen atoms in total. The molecule has 1 unspecified atom stereocenters. The summed E-state index contributed by atoms with van der Waals surface area (Å²) in [6.07, 6.45) is 3.99. The minimum Gasteiger partial charge on any atom is -0.0937 e. The van der Waals surface area contributed by atoms with Crippen LogP contribution in [0.4, 0.5) is 0 Å². The Bertz CT molecular complexity index is 251. The fourth-order valence-corrected chi connectivity index (χ4v) is 3.32. The van der Waals surface area contributed by atoms with Gasteiger partial charge in [-0.1, -0.05) is 19.0 Å². The van der Waals surface area contributed by atoms with Crippen LogP contribution in [-0.2, 0) is 0 Å². The minimum atomic E-state index is 0.522. The average Bonchev–Trinajstić information content (AvgIpc) is 2.14. The predicted molar refractivity (Wildman–Crippen MR) is 52.1 cm³/mol. The number of hydrogen-bond donors (Lipinski definition) is 0. The second-order valence-electron chi connectivity index (χ2n) is 5.11. The molecular formula is C10H17N3. The van der Waals surface area contributed by atoms with Crippen molar-refractivity contribution < 1.29 is 0 Å². The first-order valence-electron chi connectivity index (χ1n) is 5.17. The Morgan fingerprint density at radius 1 is 1.46 bits per heavy atom. The van der Waals surface area contributed by atoms with Crippen LogP contribution in [0.15, 0.2) is 5.11 Å². The van der Waals surface area contributed by atoms with E-state index < -0.39 is 0 Å². The zero-order valence-corrected chi connectivity index (χ0v) is 8.40. The molecule has 3 aliphatic rings. The van der Waals surface area contributed by atoms with E-state index in [2.05, 4.69) is 23.9 Å². The molecule has 72 valence electrons. The van der Waals surface area contributed by atoms with Gasteiger partial charge in [-0.3, -0.25) is 0 Å². The molecule has 2 bridgehead atoms. The van der Waals surface area contributed by atoms with E-state index in [1.165, 1.54) is 19.3 Å². The second-order valence-corrected chi connectivity index (χ2v) is 5.11. The summed E-state index contributed by atoms with van der Waals surface area (Å²) < 4.78 is 0. The van der Waals surface area contributed by atoms with Crippen molar-refractivity contribution in [1.29, 1.82) is 0 Å². The highest BCUT2D eigenvalue weighted by molar-refractivity contribution is 5.03. The molecule has 3 atom stereocenters. The molecule has 0 aromatic rings. The zero-order valence-electron chi connectivity index (χ0n) is 8.40. The third kappa shape index (κ3) is 1.22. The Morgan fingerprint density at radius 3 is 2.77 bits per heavy atom. The van der Waals surface area contributed by atoms with Gasteiger partial charge in [-0.05, 0) is 48.0 Å². The van der Waals surface area contributed by atoms with Crippen LogP contribution in [0.25, 0.3) is 10.4 Å². The molecule has 3 aliphatic carbocycles. The average molecular weight is 179 g/mol. The second kappa shape index (κ2) is 2.91. The van der Waals surface area contributed by atoms with Gasteiger partial charge in [0.25, 0.3) is 0 Å². The molecule has 3 saturated carbocycles. The van der Waals surface area contributed by atoms with Crippen molar-refractivity contribution in [2.75, 3.05) is 6.54 Å². The normalized spacial score (nSPS) is 40.3. The number of rotatable bonds is 2. The first-order valence-corrected chi connectivity index (χ1v) is 5.17. The lowest BCUT2D eigenvalue weighted by atomic mass is 9.45. The van der Waals surface area contributed by atoms with Crippen molar-refractivity contribution in [3.63, 3.8) is 0 Å². The van der Waals surface area contributed by atoms with Crippen molar-refractivity contribution in [2.24, 2.45) is 28.3 Å². The molecule has 0 N–H and O–H groups in total. The maximum Gasteiger partial charge on any atom is 0.0289 e. The van der Waals surface area contributed by atoms with E-state index in [-0.39, 0.29) is 0 Å². The summed E-state index contributed by atoms with van der Waals surface area (Å²) in [6.45, 7) is 5.46. The van der Waals surface area contributed by atoms with E-state index in [9.17, 15) is 0 Å². The first-order chi connectivity index (χ1) is 6.16. The molecule has 0 spiro atoms. The summed E-state index contributed by atoms with van der Waals surface area (Å²) in [7, 11) is 0. The third-order valence-electron chi connectivity index (χ3n) is 4.38. The van der Waals surface area contributed by atoms with E-state index in [0.717, 1.165) is 18.4 Å². The largest absolute Gasteiger partial charge is 0.0937 e. The van der Waals surface area contributed by atoms with Crippen LogP contribution >= 0.6 is 0 Å². The lowest BCUT2D eigenvalue weighted by molar-refractivity contribution is -0.101. The Balaban J connectivity index is 2.02. The predicted octanol–water partition coefficient (Wildman–Crippen LogP) is 3.37. The number of fused-ring (bicyclic) bond motifs is 2. The highest BCUT2D eigenvalue weighted by Gasteiger charge is 2.53. The van der Waals surface area contributed by atoms with Gasteiger partial charge in [0.1, 0.15) is 0 Å². The van der Waals surface area contributed by atoms with Crippen molar-refractivity contribution >= 4 is 0 Å². The highest BCUT2D eigenvalue weighted by Crippen LogP contribution is 2.61. The summed E-state index contributed by atoms with van der Waals surface area (Å²) >= 11 is 0. The molecular weight excluding hydrogens is 162 g/mol. The van der Waals surface area contributed by atoms with E-state index in [1.807, 2.05) is 0 Å². The molecule has 13 heavy (non-hydrogen) atoms. The van der Waals surface area contributed by atoms with Gasteiger partial charge in [-0.15, -0.1) is 0 Å². The summed E-state index contributed by atoms with van der Waals surface area (Å²) in [4.78, 5) is 2.85. The van der Waals surface area contributed by atoms with Crippen LogP contribution < -0.4 is 0 Å². The van der Waals surface area contributed by atoms with Gasteiger partial charge in [-0.2, -0.15) is 0 Å². The smallest absolute Gasteiger partial charge is 0.0289 e. The quantitative estimate of drug-likeness (QED) is 0.354. The van der Waals surface area contributed by atoms with Gasteiger partial charge in [0.15, 0.2) is 0 Å². The number of hydrogen-bond acceptors (Lipinski definition) is 1. The van der Waals surface area contributed by atoms with Crippen LogP contribution in [0.3, 0.4) is 0 Å². The Morgan fingerprint density at radius 2 is 2.23 bits per heavy atom. The fraction of sp³-hybridized carbons (Fsp3) is 1.00. The van der Waals surface area contributed by atoms with E-state index in [0.29, 0.717) is 11.3 Å². The van der Waals surface area contributed by atoms with Crippen LogP contribution in [0.2, 0.25) is 0 Å². The monoisotopic (exact) mass is 179 g/mol. The molecule has 0 heterocycles. The molecule has 0 aromatic heterocycles. The zero-order chi connectivity index (χ0) is 9.47. The van der Waals surface area contributed by atoms with Crippen molar-refractivity contribution in [3.8, 4) is 0 Å². The molecule has 0 aliphatic heterocycles. The minimum absolute atomic E-state index is 0.522. The van der Waals surface area contributed by atoms with Gasteiger partial charge in [0.05, 0.1) is 0 Å². The van der Waals surface area contributed by atoms with Crippen molar-refractivity contribution in [1.82, 2.24) is 0 Å². The molecule has 3 fully saturated rings. The SMILES string of the molecule is CC1(C)[C@H]2CCC(CN=[N+]=[N-])[C@H]1C2. The molecule has 0 amide bonds. The van der Waals surface area contributed by atoms with Crippen LogP contribution in [-0.4, -0.2) is 6.54 Å².